The van der Waals surface area contributed by atoms with Crippen molar-refractivity contribution in [2.24, 2.45) is 5.73 Å². The minimum absolute atomic E-state index is 0.0399. The van der Waals surface area contributed by atoms with E-state index < -0.39 is 0 Å². The Morgan fingerprint density at radius 2 is 1.57 bits per heavy atom. The number of fused-ring (bicyclic) bond motifs is 1. The lowest BCUT2D eigenvalue weighted by Gasteiger charge is -2.12. The van der Waals surface area contributed by atoms with Gasteiger partial charge in [-0.2, -0.15) is 0 Å². The van der Waals surface area contributed by atoms with Gasteiger partial charge in [0.15, 0.2) is 16.6 Å². The van der Waals surface area contributed by atoms with Crippen molar-refractivity contribution in [2.75, 3.05) is 5.43 Å². The lowest BCUT2D eigenvalue weighted by Crippen LogP contribution is -2.35. The minimum Gasteiger partial charge on any atom is -0.375 e. The zero-order valence-electron chi connectivity index (χ0n) is 12.0. The zero-order chi connectivity index (χ0) is 16.2. The molecule has 2 aromatic carbocycles. The second kappa shape index (κ2) is 6.37. The number of carbonyl (C=O) groups is 1. The first-order chi connectivity index (χ1) is 11.1. The van der Waals surface area contributed by atoms with Crippen molar-refractivity contribution in [3.05, 3.63) is 65.9 Å². The van der Waals surface area contributed by atoms with Gasteiger partial charge in [0.25, 0.3) is 0 Å². The number of hydrazine groups is 1. The van der Waals surface area contributed by atoms with Crippen LogP contribution in [0.15, 0.2) is 54.6 Å². The van der Waals surface area contributed by atoms with Gasteiger partial charge in [-0.25, -0.2) is 9.97 Å². The summed E-state index contributed by atoms with van der Waals surface area (Å²) in [4.78, 5) is 21.6. The Morgan fingerprint density at radius 3 is 2.22 bits per heavy atom. The summed E-state index contributed by atoms with van der Waals surface area (Å²) < 4.78 is 0. The fourth-order valence-corrected chi connectivity index (χ4v) is 2.14. The van der Waals surface area contributed by atoms with Gasteiger partial charge in [0.05, 0.1) is 11.0 Å². The first-order valence-electron chi connectivity index (χ1n) is 6.83. The van der Waals surface area contributed by atoms with Gasteiger partial charge in [0, 0.05) is 5.56 Å². The summed E-state index contributed by atoms with van der Waals surface area (Å²) in [5, 5.41) is 0.0399. The van der Waals surface area contributed by atoms with Gasteiger partial charge < -0.3 is 5.73 Å². The number of nitrogens with one attached hydrogen (secondary N) is 2. The number of carbonyl (C=O) groups excluding carboxylic acids is 1. The third-order valence-electron chi connectivity index (χ3n) is 3.13. The van der Waals surface area contributed by atoms with Crippen molar-refractivity contribution in [3.8, 4) is 0 Å². The van der Waals surface area contributed by atoms with E-state index in [1.165, 1.54) is 0 Å². The van der Waals surface area contributed by atoms with Crippen LogP contribution in [0.4, 0.5) is 5.82 Å². The molecule has 3 rings (SSSR count). The topological polar surface area (TPSA) is 92.9 Å². The Balaban J connectivity index is 2.10. The molecule has 0 aliphatic rings. The van der Waals surface area contributed by atoms with E-state index >= 15 is 0 Å². The summed E-state index contributed by atoms with van der Waals surface area (Å²) in [7, 11) is 0. The molecule has 23 heavy (non-hydrogen) atoms. The third kappa shape index (κ3) is 3.24. The number of para-hydroxylation sites is 2. The van der Waals surface area contributed by atoms with Crippen molar-refractivity contribution in [2.45, 2.75) is 0 Å². The molecule has 0 bridgehead atoms. The molecule has 7 heteroatoms. The van der Waals surface area contributed by atoms with Crippen LogP contribution in [0.25, 0.3) is 11.0 Å². The second-order valence-electron chi connectivity index (χ2n) is 4.72. The molecule has 0 spiro atoms. The van der Waals surface area contributed by atoms with Crippen LogP contribution in [0.1, 0.15) is 16.1 Å². The number of anilines is 1. The van der Waals surface area contributed by atoms with E-state index in [9.17, 15) is 4.79 Å². The van der Waals surface area contributed by atoms with Crippen LogP contribution in [-0.2, 0) is 0 Å². The van der Waals surface area contributed by atoms with Gasteiger partial charge in [-0.3, -0.25) is 15.6 Å². The summed E-state index contributed by atoms with van der Waals surface area (Å²) in [6.45, 7) is 0. The van der Waals surface area contributed by atoms with E-state index in [4.69, 9.17) is 18.0 Å². The van der Waals surface area contributed by atoms with E-state index in [0.717, 1.165) is 0 Å². The standard InChI is InChI=1S/C16H13N5OS/c17-16(23)21-20-15-13(14(22)10-6-2-1-3-7-10)18-11-8-4-5-9-12(11)19-15/h1-9H,(H,19,20)(H3,17,21,23). The molecule has 0 fully saturated rings. The molecule has 0 aliphatic heterocycles. The van der Waals surface area contributed by atoms with Crippen LogP contribution in [-0.4, -0.2) is 20.9 Å². The zero-order valence-corrected chi connectivity index (χ0v) is 12.8. The van der Waals surface area contributed by atoms with Gasteiger partial charge in [0.2, 0.25) is 5.78 Å². The molecule has 0 saturated heterocycles. The number of rotatable bonds is 4. The fourth-order valence-electron chi connectivity index (χ4n) is 2.09. The smallest absolute Gasteiger partial charge is 0.215 e. The molecule has 114 valence electrons. The van der Waals surface area contributed by atoms with Crippen molar-refractivity contribution in [1.29, 1.82) is 0 Å². The molecule has 3 aromatic rings. The van der Waals surface area contributed by atoms with Crippen LogP contribution >= 0.6 is 12.2 Å². The Bertz CT molecular complexity index is 882. The van der Waals surface area contributed by atoms with Gasteiger partial charge >= 0.3 is 0 Å². The molecule has 1 heterocycles. The minimum atomic E-state index is -0.240. The molecule has 0 unspecified atom stereocenters. The van der Waals surface area contributed by atoms with Crippen LogP contribution < -0.4 is 16.6 Å². The van der Waals surface area contributed by atoms with Gasteiger partial charge in [-0.05, 0) is 24.4 Å². The number of thiocarbonyl (C=S) groups is 1. The molecule has 0 radical (unpaired) electrons. The highest BCUT2D eigenvalue weighted by Crippen LogP contribution is 2.19. The lowest BCUT2D eigenvalue weighted by molar-refractivity contribution is 0.103. The number of ketones is 1. The molecule has 0 atom stereocenters. The molecule has 4 N–H and O–H groups in total. The normalized spacial score (nSPS) is 10.3. The summed E-state index contributed by atoms with van der Waals surface area (Å²) in [6.07, 6.45) is 0. The average molecular weight is 323 g/mol. The molecule has 6 nitrogen and oxygen atoms in total. The predicted octanol–water partition coefficient (Wildman–Crippen LogP) is 2.02. The summed E-state index contributed by atoms with van der Waals surface area (Å²) in [5.41, 5.74) is 12.7. The Labute approximate surface area is 137 Å². The highest BCUT2D eigenvalue weighted by Gasteiger charge is 2.18. The maximum Gasteiger partial charge on any atom is 0.215 e. The maximum atomic E-state index is 12.7. The SMILES string of the molecule is NC(=S)NNc1nc2ccccc2nc1C(=O)c1ccccc1. The largest absolute Gasteiger partial charge is 0.375 e. The lowest BCUT2D eigenvalue weighted by atomic mass is 10.1. The van der Waals surface area contributed by atoms with E-state index in [-0.39, 0.29) is 22.4 Å². The second-order valence-corrected chi connectivity index (χ2v) is 5.16. The summed E-state index contributed by atoms with van der Waals surface area (Å²) >= 11 is 4.76. The highest BCUT2D eigenvalue weighted by molar-refractivity contribution is 7.80. The van der Waals surface area contributed by atoms with Gasteiger partial charge in [-0.1, -0.05) is 42.5 Å². The molecule has 0 saturated carbocycles. The Morgan fingerprint density at radius 1 is 0.957 bits per heavy atom. The molecule has 0 amide bonds. The molecular formula is C16H13N5OS. The van der Waals surface area contributed by atoms with E-state index in [2.05, 4.69) is 20.8 Å². The first kappa shape index (κ1) is 14.9. The van der Waals surface area contributed by atoms with Crippen molar-refractivity contribution in [1.82, 2.24) is 15.4 Å². The quantitative estimate of drug-likeness (QED) is 0.384. The molecular weight excluding hydrogens is 310 g/mol. The van der Waals surface area contributed by atoms with Crippen LogP contribution in [0.2, 0.25) is 0 Å². The Kier molecular flexibility index (Phi) is 4.11. The van der Waals surface area contributed by atoms with E-state index in [0.29, 0.717) is 16.6 Å². The van der Waals surface area contributed by atoms with Crippen LogP contribution in [0, 0.1) is 0 Å². The number of hydrogen-bond donors (Lipinski definition) is 3. The average Bonchev–Trinajstić information content (AvgIpc) is 2.59. The summed E-state index contributed by atoms with van der Waals surface area (Å²) in [5.74, 6) is 0.0291. The highest BCUT2D eigenvalue weighted by atomic mass is 32.1. The summed E-state index contributed by atoms with van der Waals surface area (Å²) in [6, 6.07) is 16.2. The maximum absolute atomic E-state index is 12.7. The monoisotopic (exact) mass is 323 g/mol. The first-order valence-corrected chi connectivity index (χ1v) is 7.24. The van der Waals surface area contributed by atoms with Gasteiger partial charge in [-0.15, -0.1) is 0 Å². The third-order valence-corrected chi connectivity index (χ3v) is 3.23. The molecule has 0 aliphatic carbocycles. The predicted molar refractivity (Wildman–Crippen MR) is 93.0 cm³/mol. The van der Waals surface area contributed by atoms with Crippen LogP contribution in [0.5, 0.6) is 0 Å². The van der Waals surface area contributed by atoms with Gasteiger partial charge in [0.1, 0.15) is 0 Å². The van der Waals surface area contributed by atoms with E-state index in [1.54, 1.807) is 30.3 Å². The fraction of sp³-hybridized carbons (Fsp3) is 0. The van der Waals surface area contributed by atoms with Crippen molar-refractivity contribution >= 4 is 40.0 Å². The Hall–Kier alpha value is -3.06. The number of benzene rings is 2. The van der Waals surface area contributed by atoms with Crippen molar-refractivity contribution < 1.29 is 4.79 Å². The number of nitrogens with zero attached hydrogens (tertiary/aromatic N) is 2. The van der Waals surface area contributed by atoms with Crippen molar-refractivity contribution in [3.63, 3.8) is 0 Å². The van der Waals surface area contributed by atoms with Crippen LogP contribution in [0.3, 0.4) is 0 Å². The number of aromatic nitrogens is 2. The number of hydrogen-bond acceptors (Lipinski definition) is 5. The molecule has 1 aromatic heterocycles. The number of nitrogens with two attached hydrogens (primary N) is 1. The van der Waals surface area contributed by atoms with E-state index in [1.807, 2.05) is 24.3 Å².